The van der Waals surface area contributed by atoms with E-state index in [0.717, 1.165) is 44.5 Å². The van der Waals surface area contributed by atoms with Gasteiger partial charge in [0, 0.05) is 25.4 Å². The van der Waals surface area contributed by atoms with E-state index in [1.807, 2.05) is 19.1 Å². The highest BCUT2D eigenvalue weighted by molar-refractivity contribution is 5.94. The van der Waals surface area contributed by atoms with Gasteiger partial charge < -0.3 is 10.0 Å². The van der Waals surface area contributed by atoms with Crippen LogP contribution in [0.4, 0.5) is 5.69 Å². The first-order valence-electron chi connectivity index (χ1n) is 8.09. The Balaban J connectivity index is 1.72. The minimum absolute atomic E-state index is 0.0850. The summed E-state index contributed by atoms with van der Waals surface area (Å²) in [5.74, 6) is 0.457. The third kappa shape index (κ3) is 2.82. The molecule has 0 spiro atoms. The van der Waals surface area contributed by atoms with Gasteiger partial charge in [-0.1, -0.05) is 19.8 Å². The molecule has 0 bridgehead atoms. The van der Waals surface area contributed by atoms with Crippen LogP contribution in [0.25, 0.3) is 0 Å². The molecule has 21 heavy (non-hydrogen) atoms. The first-order chi connectivity index (χ1) is 10.1. The van der Waals surface area contributed by atoms with Gasteiger partial charge in [-0.3, -0.25) is 9.78 Å². The monoisotopic (exact) mass is 288 g/mol. The van der Waals surface area contributed by atoms with Crippen molar-refractivity contribution in [2.24, 2.45) is 5.92 Å². The number of pyridine rings is 1. The number of rotatable bonds is 3. The van der Waals surface area contributed by atoms with Gasteiger partial charge in [0.25, 0.3) is 0 Å². The van der Waals surface area contributed by atoms with Crippen molar-refractivity contribution in [1.82, 2.24) is 4.98 Å². The fraction of sp³-hybridized carbons (Fsp3) is 0.647. The molecule has 3 rings (SSSR count). The lowest BCUT2D eigenvalue weighted by Crippen LogP contribution is -2.53. The van der Waals surface area contributed by atoms with Crippen LogP contribution in [0.3, 0.4) is 0 Å². The second-order valence-corrected chi connectivity index (χ2v) is 6.42. The van der Waals surface area contributed by atoms with Crippen molar-refractivity contribution in [3.8, 4) is 0 Å². The normalized spacial score (nSPS) is 29.0. The molecule has 1 aromatic heterocycles. The van der Waals surface area contributed by atoms with Crippen LogP contribution in [0, 0.1) is 5.92 Å². The average Bonchev–Trinajstić information content (AvgIpc) is 2.53. The average molecular weight is 288 g/mol. The summed E-state index contributed by atoms with van der Waals surface area (Å²) >= 11 is 0. The molecule has 1 aliphatic carbocycles. The van der Waals surface area contributed by atoms with Gasteiger partial charge >= 0.3 is 0 Å². The summed E-state index contributed by atoms with van der Waals surface area (Å²) in [6.45, 7) is 3.63. The Kier molecular flexibility index (Phi) is 3.98. The summed E-state index contributed by atoms with van der Waals surface area (Å²) in [5, 5.41) is 10.7. The maximum atomic E-state index is 11.6. The third-order valence-electron chi connectivity index (χ3n) is 5.15. The predicted octanol–water partition coefficient (Wildman–Crippen LogP) is 2.81. The van der Waals surface area contributed by atoms with Gasteiger partial charge in [-0.2, -0.15) is 0 Å². The minimum Gasteiger partial charge on any atom is -0.389 e. The molecule has 1 N–H and O–H groups in total. The summed E-state index contributed by atoms with van der Waals surface area (Å²) in [6.07, 6.45) is 7.58. The summed E-state index contributed by atoms with van der Waals surface area (Å²) in [6, 6.07) is 3.81. The second kappa shape index (κ2) is 5.76. The van der Waals surface area contributed by atoms with E-state index in [9.17, 15) is 9.90 Å². The van der Waals surface area contributed by atoms with E-state index in [-0.39, 0.29) is 5.78 Å². The molecule has 0 aromatic carbocycles. The van der Waals surface area contributed by atoms with Gasteiger partial charge in [0.2, 0.25) is 0 Å². The molecule has 4 nitrogen and oxygen atoms in total. The Hall–Kier alpha value is -1.42. The number of fused-ring (bicyclic) bond motifs is 1. The van der Waals surface area contributed by atoms with Crippen LogP contribution in [0.15, 0.2) is 18.3 Å². The van der Waals surface area contributed by atoms with Crippen molar-refractivity contribution >= 4 is 11.5 Å². The lowest BCUT2D eigenvalue weighted by molar-refractivity contribution is -0.0612. The molecule has 0 radical (unpaired) electrons. The molecule has 2 aliphatic rings. The quantitative estimate of drug-likeness (QED) is 0.869. The molecule has 2 atom stereocenters. The zero-order valence-electron chi connectivity index (χ0n) is 12.7. The molecule has 114 valence electrons. The van der Waals surface area contributed by atoms with Crippen molar-refractivity contribution < 1.29 is 9.90 Å². The van der Waals surface area contributed by atoms with Crippen molar-refractivity contribution in [2.45, 2.75) is 51.0 Å². The molecule has 1 aliphatic heterocycles. The van der Waals surface area contributed by atoms with Crippen molar-refractivity contribution in [3.63, 3.8) is 0 Å². The number of carbonyl (C=O) groups excluding carboxylic acids is 1. The molecule has 2 unspecified atom stereocenters. The van der Waals surface area contributed by atoms with Gasteiger partial charge in [-0.15, -0.1) is 0 Å². The molecule has 2 fully saturated rings. The zero-order chi connectivity index (χ0) is 14.9. The Labute approximate surface area is 126 Å². The Morgan fingerprint density at radius 2 is 2.29 bits per heavy atom. The molecule has 0 amide bonds. The van der Waals surface area contributed by atoms with Gasteiger partial charge in [0.15, 0.2) is 5.78 Å². The van der Waals surface area contributed by atoms with Crippen LogP contribution in [-0.2, 0) is 0 Å². The molecule has 4 heteroatoms. The van der Waals surface area contributed by atoms with E-state index in [2.05, 4.69) is 9.88 Å². The highest BCUT2D eigenvalue weighted by atomic mass is 16.3. The number of piperidine rings is 1. The van der Waals surface area contributed by atoms with Crippen LogP contribution < -0.4 is 4.90 Å². The van der Waals surface area contributed by atoms with Crippen LogP contribution in [0.1, 0.15) is 55.9 Å². The van der Waals surface area contributed by atoms with Gasteiger partial charge in [-0.05, 0) is 31.4 Å². The standard InChI is InChI=1S/C17H24N2O2/c1-2-16(20)15-7-6-14(11-18-15)19-10-9-17(21)8-4-3-5-13(17)12-19/h6-7,11,13,21H,2-5,8-10,12H2,1H3. The van der Waals surface area contributed by atoms with E-state index < -0.39 is 5.60 Å². The topological polar surface area (TPSA) is 53.4 Å². The summed E-state index contributed by atoms with van der Waals surface area (Å²) in [5.41, 5.74) is 1.17. The fourth-order valence-corrected chi connectivity index (χ4v) is 3.72. The Bertz CT molecular complexity index is 514. The maximum absolute atomic E-state index is 11.6. The van der Waals surface area contributed by atoms with Crippen LogP contribution in [-0.4, -0.2) is 34.6 Å². The molecular formula is C17H24N2O2. The molecule has 1 aromatic rings. The van der Waals surface area contributed by atoms with Gasteiger partial charge in [0.1, 0.15) is 5.69 Å². The number of ketones is 1. The Morgan fingerprint density at radius 3 is 3.00 bits per heavy atom. The molecule has 2 heterocycles. The van der Waals surface area contributed by atoms with E-state index in [0.29, 0.717) is 18.0 Å². The number of Topliss-reactive ketones (excluding diaryl/α,β-unsaturated/α-hetero) is 1. The summed E-state index contributed by atoms with van der Waals surface area (Å²) in [4.78, 5) is 18.2. The van der Waals surface area contributed by atoms with Gasteiger partial charge in [0.05, 0.1) is 17.5 Å². The largest absolute Gasteiger partial charge is 0.389 e. The SMILES string of the molecule is CCC(=O)c1ccc(N2CCC3(O)CCCCC3C2)cn1. The number of aromatic nitrogens is 1. The number of anilines is 1. The molecule has 1 saturated carbocycles. The van der Waals surface area contributed by atoms with Gasteiger partial charge in [-0.25, -0.2) is 0 Å². The van der Waals surface area contributed by atoms with E-state index in [1.54, 1.807) is 6.20 Å². The van der Waals surface area contributed by atoms with Crippen LogP contribution >= 0.6 is 0 Å². The highest BCUT2D eigenvalue weighted by Crippen LogP contribution is 2.40. The van der Waals surface area contributed by atoms with Crippen LogP contribution in [0.5, 0.6) is 0 Å². The lowest BCUT2D eigenvalue weighted by Gasteiger charge is -2.48. The zero-order valence-corrected chi connectivity index (χ0v) is 12.7. The second-order valence-electron chi connectivity index (χ2n) is 6.42. The van der Waals surface area contributed by atoms with Crippen molar-refractivity contribution in [2.75, 3.05) is 18.0 Å². The van der Waals surface area contributed by atoms with Crippen molar-refractivity contribution in [1.29, 1.82) is 0 Å². The number of hydrogen-bond acceptors (Lipinski definition) is 4. The smallest absolute Gasteiger partial charge is 0.180 e. The number of nitrogens with zero attached hydrogens (tertiary/aromatic N) is 2. The van der Waals surface area contributed by atoms with E-state index in [1.165, 1.54) is 6.42 Å². The maximum Gasteiger partial charge on any atom is 0.180 e. The lowest BCUT2D eigenvalue weighted by atomic mass is 9.71. The summed E-state index contributed by atoms with van der Waals surface area (Å²) < 4.78 is 0. The fourth-order valence-electron chi connectivity index (χ4n) is 3.72. The Morgan fingerprint density at radius 1 is 1.43 bits per heavy atom. The first-order valence-corrected chi connectivity index (χ1v) is 8.09. The molecule has 1 saturated heterocycles. The third-order valence-corrected chi connectivity index (χ3v) is 5.15. The summed E-state index contributed by atoms with van der Waals surface area (Å²) in [7, 11) is 0. The number of aliphatic hydroxyl groups is 1. The van der Waals surface area contributed by atoms with Crippen molar-refractivity contribution in [3.05, 3.63) is 24.0 Å². The highest BCUT2D eigenvalue weighted by Gasteiger charge is 2.42. The molecular weight excluding hydrogens is 264 g/mol. The minimum atomic E-state index is -0.444. The predicted molar refractivity (Wildman–Crippen MR) is 82.6 cm³/mol. The number of hydrogen-bond donors (Lipinski definition) is 1. The van der Waals surface area contributed by atoms with E-state index in [4.69, 9.17) is 0 Å². The number of carbonyl (C=O) groups is 1. The van der Waals surface area contributed by atoms with E-state index >= 15 is 0 Å². The van der Waals surface area contributed by atoms with Crippen LogP contribution in [0.2, 0.25) is 0 Å². The first kappa shape index (κ1) is 14.5.